The molecule has 0 amide bonds. The van der Waals surface area contributed by atoms with Gasteiger partial charge in [0.1, 0.15) is 5.75 Å². The Balaban J connectivity index is 1.71. The molecule has 0 heterocycles. The molecule has 0 fully saturated rings. The van der Waals surface area contributed by atoms with E-state index in [1.54, 1.807) is 30.3 Å². The maximum Gasteiger partial charge on any atom is 0.349 e. The number of nitriles is 1. The fourth-order valence-corrected chi connectivity index (χ4v) is 3.44. The third-order valence-corrected chi connectivity index (χ3v) is 4.98. The molecule has 31 heavy (non-hydrogen) atoms. The highest BCUT2D eigenvalue weighted by molar-refractivity contribution is 9.10. The van der Waals surface area contributed by atoms with E-state index in [-0.39, 0.29) is 12.4 Å². The van der Waals surface area contributed by atoms with Crippen LogP contribution in [-0.4, -0.2) is 19.7 Å². The van der Waals surface area contributed by atoms with Crippen molar-refractivity contribution < 1.29 is 19.0 Å². The average Bonchev–Trinajstić information content (AvgIpc) is 2.78. The number of carbonyl (C=O) groups is 1. The second-order valence-electron chi connectivity index (χ2n) is 6.64. The number of ether oxygens (including phenoxy) is 3. The Morgan fingerprint density at radius 2 is 1.77 bits per heavy atom. The largest absolute Gasteiger partial charge is 0.493 e. The van der Waals surface area contributed by atoms with Gasteiger partial charge in [-0.05, 0) is 69.9 Å². The summed E-state index contributed by atoms with van der Waals surface area (Å²) in [4.78, 5) is 12.3. The van der Waals surface area contributed by atoms with Crippen LogP contribution in [0.2, 0.25) is 0 Å². The van der Waals surface area contributed by atoms with Crippen molar-refractivity contribution in [2.45, 2.75) is 6.92 Å². The summed E-state index contributed by atoms with van der Waals surface area (Å²) < 4.78 is 17.1. The summed E-state index contributed by atoms with van der Waals surface area (Å²) in [5, 5.41) is 9.49. The highest BCUT2D eigenvalue weighted by Crippen LogP contribution is 2.30. The molecule has 0 aromatic heterocycles. The van der Waals surface area contributed by atoms with Crippen LogP contribution >= 0.6 is 15.9 Å². The SMILES string of the molecule is COc1cc(C=C(C#N)c2ccccc2)ccc1OC(=O)COc1ccc(C)cc1Br. The molecular formula is C25H20BrNO4. The lowest BCUT2D eigenvalue weighted by Gasteiger charge is -2.11. The molecular weight excluding hydrogens is 458 g/mol. The Labute approximate surface area is 189 Å². The molecule has 0 spiro atoms. The molecule has 0 aliphatic carbocycles. The second kappa shape index (κ2) is 10.5. The van der Waals surface area contributed by atoms with Gasteiger partial charge in [0.2, 0.25) is 0 Å². The molecule has 0 saturated heterocycles. The number of allylic oxidation sites excluding steroid dienone is 1. The monoisotopic (exact) mass is 477 g/mol. The summed E-state index contributed by atoms with van der Waals surface area (Å²) in [6.07, 6.45) is 1.75. The molecule has 3 aromatic carbocycles. The number of rotatable bonds is 7. The lowest BCUT2D eigenvalue weighted by Crippen LogP contribution is -2.18. The van der Waals surface area contributed by atoms with Gasteiger partial charge in [-0.1, -0.05) is 42.5 Å². The highest BCUT2D eigenvalue weighted by Gasteiger charge is 2.13. The fraction of sp³-hybridized carbons (Fsp3) is 0.120. The number of benzene rings is 3. The molecule has 0 N–H and O–H groups in total. The zero-order chi connectivity index (χ0) is 22.2. The highest BCUT2D eigenvalue weighted by atomic mass is 79.9. The minimum absolute atomic E-state index is 0.251. The van der Waals surface area contributed by atoms with Crippen molar-refractivity contribution in [3.63, 3.8) is 0 Å². The average molecular weight is 478 g/mol. The number of aryl methyl sites for hydroxylation is 1. The van der Waals surface area contributed by atoms with Gasteiger partial charge in [-0.2, -0.15) is 5.26 Å². The van der Waals surface area contributed by atoms with E-state index in [1.165, 1.54) is 7.11 Å². The van der Waals surface area contributed by atoms with Crippen molar-refractivity contribution >= 4 is 33.5 Å². The summed E-state index contributed by atoms with van der Waals surface area (Å²) in [5.74, 6) is 0.648. The fourth-order valence-electron chi connectivity index (χ4n) is 2.83. The first-order chi connectivity index (χ1) is 15.0. The predicted molar refractivity (Wildman–Crippen MR) is 123 cm³/mol. The smallest absolute Gasteiger partial charge is 0.349 e. The number of carbonyl (C=O) groups excluding carboxylic acids is 1. The predicted octanol–water partition coefficient (Wildman–Crippen LogP) is 5.81. The molecule has 0 bridgehead atoms. The van der Waals surface area contributed by atoms with Gasteiger partial charge in [0, 0.05) is 0 Å². The molecule has 0 aliphatic heterocycles. The third kappa shape index (κ3) is 5.97. The summed E-state index contributed by atoms with van der Waals surface area (Å²) in [6, 6.07) is 22.3. The van der Waals surface area contributed by atoms with Crippen molar-refractivity contribution in [1.82, 2.24) is 0 Å². The summed E-state index contributed by atoms with van der Waals surface area (Å²) in [6.45, 7) is 1.71. The lowest BCUT2D eigenvalue weighted by atomic mass is 10.0. The molecule has 3 aromatic rings. The van der Waals surface area contributed by atoms with E-state index in [0.717, 1.165) is 21.2 Å². The third-order valence-electron chi connectivity index (χ3n) is 4.36. The van der Waals surface area contributed by atoms with Crippen molar-refractivity contribution in [3.05, 3.63) is 87.9 Å². The molecule has 5 nitrogen and oxygen atoms in total. The van der Waals surface area contributed by atoms with Crippen molar-refractivity contribution in [2.75, 3.05) is 13.7 Å². The molecule has 6 heteroatoms. The topological polar surface area (TPSA) is 68.5 Å². The Kier molecular flexibility index (Phi) is 7.47. The first kappa shape index (κ1) is 22.1. The van der Waals surface area contributed by atoms with Crippen LogP contribution in [0.1, 0.15) is 16.7 Å². The maximum atomic E-state index is 12.3. The van der Waals surface area contributed by atoms with Crippen LogP contribution in [0.15, 0.2) is 71.2 Å². The minimum Gasteiger partial charge on any atom is -0.493 e. The Morgan fingerprint density at radius 3 is 2.45 bits per heavy atom. The van der Waals surface area contributed by atoms with Gasteiger partial charge >= 0.3 is 5.97 Å². The van der Waals surface area contributed by atoms with E-state index < -0.39 is 5.97 Å². The summed E-state index contributed by atoms with van der Waals surface area (Å²) >= 11 is 3.41. The molecule has 0 saturated carbocycles. The van der Waals surface area contributed by atoms with Crippen molar-refractivity contribution in [1.29, 1.82) is 5.26 Å². The van der Waals surface area contributed by atoms with Crippen LogP contribution in [0.5, 0.6) is 17.2 Å². The van der Waals surface area contributed by atoms with Crippen LogP contribution in [0.3, 0.4) is 0 Å². The first-order valence-corrected chi connectivity index (χ1v) is 10.2. The standard InChI is InChI=1S/C25H20BrNO4/c1-17-8-10-22(21(26)12-17)30-16-25(28)31-23-11-9-18(14-24(23)29-2)13-20(15-27)19-6-4-3-5-7-19/h3-14H,16H2,1-2H3. The van der Waals surface area contributed by atoms with Gasteiger partial charge in [-0.15, -0.1) is 0 Å². The van der Waals surface area contributed by atoms with Crippen LogP contribution in [0.25, 0.3) is 11.6 Å². The normalized spacial score (nSPS) is 10.8. The summed E-state index contributed by atoms with van der Waals surface area (Å²) in [5.41, 5.74) is 3.16. The number of esters is 1. The van der Waals surface area contributed by atoms with Gasteiger partial charge < -0.3 is 14.2 Å². The van der Waals surface area contributed by atoms with E-state index in [0.29, 0.717) is 17.1 Å². The van der Waals surface area contributed by atoms with Crippen LogP contribution in [0.4, 0.5) is 0 Å². The number of methoxy groups -OCH3 is 1. The number of hydrogen-bond acceptors (Lipinski definition) is 5. The molecule has 0 unspecified atom stereocenters. The number of hydrogen-bond donors (Lipinski definition) is 0. The Morgan fingerprint density at radius 1 is 1.03 bits per heavy atom. The maximum absolute atomic E-state index is 12.3. The number of nitrogens with zero attached hydrogens (tertiary/aromatic N) is 1. The molecule has 0 aliphatic rings. The van der Waals surface area contributed by atoms with Crippen LogP contribution in [0, 0.1) is 18.3 Å². The Hall–Kier alpha value is -3.56. The molecule has 3 rings (SSSR count). The second-order valence-corrected chi connectivity index (χ2v) is 7.50. The zero-order valence-corrected chi connectivity index (χ0v) is 18.7. The minimum atomic E-state index is -0.559. The van der Waals surface area contributed by atoms with Gasteiger partial charge in [-0.25, -0.2) is 4.79 Å². The van der Waals surface area contributed by atoms with E-state index >= 15 is 0 Å². The number of halogens is 1. The van der Waals surface area contributed by atoms with E-state index in [1.807, 2.05) is 49.4 Å². The summed E-state index contributed by atoms with van der Waals surface area (Å²) in [7, 11) is 1.49. The first-order valence-electron chi connectivity index (χ1n) is 9.45. The van der Waals surface area contributed by atoms with Gasteiger partial charge in [0.15, 0.2) is 18.1 Å². The molecule has 0 atom stereocenters. The van der Waals surface area contributed by atoms with Gasteiger partial charge in [0.25, 0.3) is 0 Å². The van der Waals surface area contributed by atoms with Crippen molar-refractivity contribution in [3.8, 4) is 23.3 Å². The molecule has 0 radical (unpaired) electrons. The van der Waals surface area contributed by atoms with Gasteiger partial charge in [-0.3, -0.25) is 0 Å². The quantitative estimate of drug-likeness (QED) is 0.185. The van der Waals surface area contributed by atoms with E-state index in [4.69, 9.17) is 14.2 Å². The van der Waals surface area contributed by atoms with Crippen LogP contribution < -0.4 is 14.2 Å². The Bertz CT molecular complexity index is 1150. The van der Waals surface area contributed by atoms with Gasteiger partial charge in [0.05, 0.1) is 23.2 Å². The van der Waals surface area contributed by atoms with Crippen LogP contribution in [-0.2, 0) is 4.79 Å². The van der Waals surface area contributed by atoms with Crippen molar-refractivity contribution in [2.24, 2.45) is 0 Å². The lowest BCUT2D eigenvalue weighted by molar-refractivity contribution is -0.136. The molecule has 156 valence electrons. The van der Waals surface area contributed by atoms with E-state index in [2.05, 4.69) is 22.0 Å². The van der Waals surface area contributed by atoms with E-state index in [9.17, 15) is 10.1 Å². The zero-order valence-electron chi connectivity index (χ0n) is 17.1.